The van der Waals surface area contributed by atoms with E-state index in [0.29, 0.717) is 6.07 Å². The SMILES string of the molecule is Nc1c(C(=O)CSc2ccc(F)cc2F)c(=O)[nH]c(=O)n1C1CC1. The third kappa shape index (κ3) is 3.12. The van der Waals surface area contributed by atoms with Crippen molar-refractivity contribution in [3.05, 3.63) is 56.2 Å². The van der Waals surface area contributed by atoms with Crippen LogP contribution in [0.15, 0.2) is 32.7 Å². The number of nitrogens with two attached hydrogens (primary N) is 1. The van der Waals surface area contributed by atoms with Crippen LogP contribution in [0.5, 0.6) is 0 Å². The lowest BCUT2D eigenvalue weighted by molar-refractivity contribution is 0.102. The molecule has 0 atom stereocenters. The van der Waals surface area contributed by atoms with Crippen LogP contribution in [-0.4, -0.2) is 21.1 Å². The number of nitrogen functional groups attached to an aromatic ring is 1. The zero-order valence-electron chi connectivity index (χ0n) is 12.3. The highest BCUT2D eigenvalue weighted by atomic mass is 32.2. The summed E-state index contributed by atoms with van der Waals surface area (Å²) in [6.45, 7) is 0. The summed E-state index contributed by atoms with van der Waals surface area (Å²) >= 11 is 0.823. The van der Waals surface area contributed by atoms with Crippen molar-refractivity contribution in [3.8, 4) is 0 Å². The molecule has 1 aliphatic carbocycles. The maximum atomic E-state index is 13.6. The van der Waals surface area contributed by atoms with Gasteiger partial charge in [0.1, 0.15) is 23.0 Å². The Balaban J connectivity index is 1.86. The van der Waals surface area contributed by atoms with Crippen LogP contribution in [0.1, 0.15) is 29.2 Å². The fourth-order valence-corrected chi connectivity index (χ4v) is 3.13. The Morgan fingerprint density at radius 3 is 2.67 bits per heavy atom. The number of carbonyl (C=O) groups excluding carboxylic acids is 1. The minimum Gasteiger partial charge on any atom is -0.384 e. The molecule has 0 spiro atoms. The number of benzene rings is 1. The average Bonchev–Trinajstić information content (AvgIpc) is 3.30. The first kappa shape index (κ1) is 16.4. The summed E-state index contributed by atoms with van der Waals surface area (Å²) in [6, 6.07) is 2.88. The molecule has 1 heterocycles. The van der Waals surface area contributed by atoms with E-state index in [1.807, 2.05) is 0 Å². The van der Waals surface area contributed by atoms with E-state index in [1.54, 1.807) is 0 Å². The Kier molecular flexibility index (Phi) is 4.27. The van der Waals surface area contributed by atoms with Gasteiger partial charge in [-0.25, -0.2) is 13.6 Å². The molecule has 1 fully saturated rings. The van der Waals surface area contributed by atoms with Crippen molar-refractivity contribution in [1.29, 1.82) is 0 Å². The van der Waals surface area contributed by atoms with Gasteiger partial charge in [0.05, 0.1) is 5.75 Å². The monoisotopic (exact) mass is 353 g/mol. The Hall–Kier alpha value is -2.42. The van der Waals surface area contributed by atoms with Crippen LogP contribution in [0.3, 0.4) is 0 Å². The Morgan fingerprint density at radius 2 is 2.04 bits per heavy atom. The molecule has 6 nitrogen and oxygen atoms in total. The molecule has 0 amide bonds. The number of nitrogens with zero attached hydrogens (tertiary/aromatic N) is 1. The van der Waals surface area contributed by atoms with E-state index in [0.717, 1.165) is 30.7 Å². The van der Waals surface area contributed by atoms with E-state index in [2.05, 4.69) is 4.98 Å². The summed E-state index contributed by atoms with van der Waals surface area (Å²) in [5.41, 5.74) is 4.02. The van der Waals surface area contributed by atoms with Crippen molar-refractivity contribution in [2.24, 2.45) is 0 Å². The second-order valence-electron chi connectivity index (χ2n) is 5.41. The van der Waals surface area contributed by atoms with Crippen LogP contribution < -0.4 is 17.0 Å². The number of rotatable bonds is 5. The van der Waals surface area contributed by atoms with Crippen LogP contribution in [-0.2, 0) is 0 Å². The van der Waals surface area contributed by atoms with Gasteiger partial charge in [0.2, 0.25) is 0 Å². The number of H-pyrrole nitrogens is 1. The second kappa shape index (κ2) is 6.23. The molecule has 0 radical (unpaired) electrons. The predicted molar refractivity (Wildman–Crippen MR) is 85.4 cm³/mol. The van der Waals surface area contributed by atoms with Gasteiger partial charge in [-0.3, -0.25) is 19.1 Å². The minimum absolute atomic E-state index is 0.0789. The fourth-order valence-electron chi connectivity index (χ4n) is 2.34. The van der Waals surface area contributed by atoms with Crippen LogP contribution >= 0.6 is 11.8 Å². The standard InChI is InChI=1S/C15H13F2N3O3S/c16-7-1-4-11(9(17)5-7)24-6-10(21)12-13(18)20(8-2-3-8)15(23)19-14(12)22/h1,4-5,8H,2-3,6,18H2,(H,19,22,23). The van der Waals surface area contributed by atoms with Gasteiger partial charge in [-0.1, -0.05) is 0 Å². The number of ketones is 1. The van der Waals surface area contributed by atoms with E-state index in [1.165, 1.54) is 10.6 Å². The fraction of sp³-hybridized carbons (Fsp3) is 0.267. The van der Waals surface area contributed by atoms with E-state index < -0.39 is 28.7 Å². The molecular weight excluding hydrogens is 340 g/mol. The lowest BCUT2D eigenvalue weighted by Gasteiger charge is -2.11. The van der Waals surface area contributed by atoms with Crippen LogP contribution in [0.25, 0.3) is 0 Å². The van der Waals surface area contributed by atoms with Gasteiger partial charge in [0, 0.05) is 17.0 Å². The van der Waals surface area contributed by atoms with Crippen molar-refractivity contribution in [3.63, 3.8) is 0 Å². The summed E-state index contributed by atoms with van der Waals surface area (Å²) < 4.78 is 27.7. The molecule has 0 unspecified atom stereocenters. The first-order valence-electron chi connectivity index (χ1n) is 7.14. The highest BCUT2D eigenvalue weighted by Gasteiger charge is 2.30. The van der Waals surface area contributed by atoms with Crippen molar-refractivity contribution < 1.29 is 13.6 Å². The molecule has 0 aliphatic heterocycles. The molecule has 1 aromatic heterocycles. The molecule has 0 saturated heterocycles. The van der Waals surface area contributed by atoms with Crippen molar-refractivity contribution in [2.75, 3.05) is 11.5 Å². The zero-order valence-corrected chi connectivity index (χ0v) is 13.2. The number of anilines is 1. The molecule has 126 valence electrons. The van der Waals surface area contributed by atoms with Gasteiger partial charge in [-0.05, 0) is 25.0 Å². The number of aromatic nitrogens is 2. The third-order valence-corrected chi connectivity index (χ3v) is 4.67. The van der Waals surface area contributed by atoms with Crippen molar-refractivity contribution >= 4 is 23.4 Å². The van der Waals surface area contributed by atoms with Crippen LogP contribution in [0.2, 0.25) is 0 Å². The Labute approximate surface area is 138 Å². The molecule has 24 heavy (non-hydrogen) atoms. The lowest BCUT2D eigenvalue weighted by Crippen LogP contribution is -2.36. The third-order valence-electron chi connectivity index (χ3n) is 3.63. The first-order valence-corrected chi connectivity index (χ1v) is 8.12. The van der Waals surface area contributed by atoms with Gasteiger partial charge >= 0.3 is 5.69 Å². The quantitative estimate of drug-likeness (QED) is 0.630. The molecule has 1 saturated carbocycles. The molecule has 3 N–H and O–H groups in total. The summed E-state index contributed by atoms with van der Waals surface area (Å²) in [7, 11) is 0. The molecule has 9 heteroatoms. The number of halogens is 2. The number of aromatic amines is 1. The van der Waals surface area contributed by atoms with Gasteiger partial charge in [-0.15, -0.1) is 11.8 Å². The number of carbonyl (C=O) groups is 1. The highest BCUT2D eigenvalue weighted by Crippen LogP contribution is 2.35. The number of hydrogen-bond donors (Lipinski definition) is 2. The molecule has 1 aliphatic rings. The van der Waals surface area contributed by atoms with E-state index >= 15 is 0 Å². The predicted octanol–water partition coefficient (Wildman–Crippen LogP) is 1.71. The largest absolute Gasteiger partial charge is 0.384 e. The number of nitrogens with one attached hydrogen (secondary N) is 1. The van der Waals surface area contributed by atoms with Gasteiger partial charge < -0.3 is 5.73 Å². The summed E-state index contributed by atoms with van der Waals surface area (Å²) in [5.74, 6) is -2.58. The molecule has 3 rings (SSSR count). The Bertz CT molecular complexity index is 935. The van der Waals surface area contributed by atoms with E-state index in [-0.39, 0.29) is 28.1 Å². The minimum atomic E-state index is -0.862. The molecule has 1 aromatic carbocycles. The molecule has 0 bridgehead atoms. The smallest absolute Gasteiger partial charge is 0.330 e. The van der Waals surface area contributed by atoms with E-state index in [9.17, 15) is 23.2 Å². The highest BCUT2D eigenvalue weighted by molar-refractivity contribution is 8.00. The van der Waals surface area contributed by atoms with Gasteiger partial charge in [0.15, 0.2) is 5.78 Å². The zero-order chi connectivity index (χ0) is 17.4. The summed E-state index contributed by atoms with van der Waals surface area (Å²) in [6.07, 6.45) is 1.50. The Morgan fingerprint density at radius 1 is 1.33 bits per heavy atom. The molecule has 2 aromatic rings. The maximum Gasteiger partial charge on any atom is 0.330 e. The number of thioether (sulfide) groups is 1. The van der Waals surface area contributed by atoms with Crippen molar-refractivity contribution in [1.82, 2.24) is 9.55 Å². The number of hydrogen-bond acceptors (Lipinski definition) is 5. The topological polar surface area (TPSA) is 98.0 Å². The number of Topliss-reactive ketones (excluding diaryl/α,β-unsaturated/α-hetero) is 1. The summed E-state index contributed by atoms with van der Waals surface area (Å²) in [4.78, 5) is 38.2. The van der Waals surface area contributed by atoms with Crippen LogP contribution in [0, 0.1) is 11.6 Å². The second-order valence-corrected chi connectivity index (χ2v) is 6.42. The normalized spacial score (nSPS) is 13.9. The average molecular weight is 353 g/mol. The maximum absolute atomic E-state index is 13.6. The summed E-state index contributed by atoms with van der Waals surface area (Å²) in [5, 5.41) is 0. The van der Waals surface area contributed by atoms with Crippen molar-refractivity contribution in [2.45, 2.75) is 23.8 Å². The van der Waals surface area contributed by atoms with Gasteiger partial charge in [0.25, 0.3) is 5.56 Å². The van der Waals surface area contributed by atoms with Gasteiger partial charge in [-0.2, -0.15) is 0 Å². The molecular formula is C15H13F2N3O3S. The lowest BCUT2D eigenvalue weighted by atomic mass is 10.2. The first-order chi connectivity index (χ1) is 11.4. The van der Waals surface area contributed by atoms with E-state index in [4.69, 9.17) is 5.73 Å². The van der Waals surface area contributed by atoms with Crippen LogP contribution in [0.4, 0.5) is 14.6 Å².